The van der Waals surface area contributed by atoms with Crippen molar-refractivity contribution >= 4 is 17.7 Å². The topological polar surface area (TPSA) is 20.3 Å². The third kappa shape index (κ3) is 4.50. The molecule has 21 heavy (non-hydrogen) atoms. The Hall–Kier alpha value is -2.00. The van der Waals surface area contributed by atoms with Crippen LogP contribution in [0.5, 0.6) is 0 Å². The van der Waals surface area contributed by atoms with Gasteiger partial charge in [-0.15, -0.1) is 0 Å². The van der Waals surface area contributed by atoms with Crippen molar-refractivity contribution in [2.45, 2.75) is 17.9 Å². The lowest BCUT2D eigenvalue weighted by molar-refractivity contribution is -0.126. The fourth-order valence-electron chi connectivity index (χ4n) is 1.93. The van der Waals surface area contributed by atoms with E-state index in [2.05, 4.69) is 0 Å². The highest BCUT2D eigenvalue weighted by atomic mass is 32.2. The number of hydrogen-bond donors (Lipinski definition) is 0. The third-order valence-corrected chi connectivity index (χ3v) is 4.18. The normalized spacial score (nSPS) is 12.3. The summed E-state index contributed by atoms with van der Waals surface area (Å²) in [6.45, 7) is 2.03. The fourth-order valence-corrected chi connectivity index (χ4v) is 2.59. The number of nitrogens with zero attached hydrogens (tertiary/aromatic N) is 1. The molecule has 2 rings (SSSR count). The molecule has 0 aliphatic carbocycles. The highest BCUT2D eigenvalue weighted by Gasteiger charge is 2.14. The Labute approximate surface area is 130 Å². The summed E-state index contributed by atoms with van der Waals surface area (Å²) in [5.41, 5.74) is 1.14. The van der Waals surface area contributed by atoms with Crippen molar-refractivity contribution < 1.29 is 4.79 Å². The molecule has 0 aliphatic rings. The zero-order valence-electron chi connectivity index (χ0n) is 12.3. The number of thioether (sulfide) groups is 1. The van der Waals surface area contributed by atoms with Gasteiger partial charge < -0.3 is 4.90 Å². The summed E-state index contributed by atoms with van der Waals surface area (Å²) in [7, 11) is 1.83. The quantitative estimate of drug-likeness (QED) is 0.597. The van der Waals surface area contributed by atoms with E-state index in [1.54, 1.807) is 22.7 Å². The van der Waals surface area contributed by atoms with Crippen LogP contribution in [0.3, 0.4) is 0 Å². The Balaban J connectivity index is 1.93. The van der Waals surface area contributed by atoms with E-state index in [1.807, 2.05) is 80.0 Å². The number of rotatable bonds is 5. The molecule has 0 radical (unpaired) electrons. The van der Waals surface area contributed by atoms with Crippen LogP contribution in [0.2, 0.25) is 0 Å². The van der Waals surface area contributed by atoms with Gasteiger partial charge >= 0.3 is 0 Å². The summed E-state index contributed by atoms with van der Waals surface area (Å²) in [6.07, 6.45) is 1.62. The molecule has 0 spiro atoms. The van der Waals surface area contributed by atoms with E-state index in [0.29, 0.717) is 0 Å². The van der Waals surface area contributed by atoms with Crippen LogP contribution in [-0.2, 0) is 4.79 Å². The summed E-state index contributed by atoms with van der Waals surface area (Å²) in [5, 5.41) is 1.84. The molecule has 0 aliphatic heterocycles. The third-order valence-electron chi connectivity index (χ3n) is 3.37. The van der Waals surface area contributed by atoms with Gasteiger partial charge in [0.05, 0.1) is 6.04 Å². The number of benzene rings is 2. The number of likely N-dealkylation sites (N-methyl/N-ethyl adjacent to an activating group) is 1. The fraction of sp³-hybridized carbons (Fsp3) is 0.167. The molecule has 108 valence electrons. The first-order chi connectivity index (χ1) is 10.2. The summed E-state index contributed by atoms with van der Waals surface area (Å²) in [6, 6.07) is 20.1. The second kappa shape index (κ2) is 7.70. The van der Waals surface area contributed by atoms with Crippen LogP contribution >= 0.6 is 11.8 Å². The lowest BCUT2D eigenvalue weighted by atomic mass is 10.1. The van der Waals surface area contributed by atoms with Gasteiger partial charge in [-0.1, -0.05) is 60.3 Å². The Bertz CT molecular complexity index is 595. The standard InChI is InChI=1S/C18H19NOS/c1-15(16-9-5-3-6-10-16)19(2)18(20)13-14-21-17-11-7-4-8-12-17/h3-15H,1-2H3/b14-13+. The molecule has 1 unspecified atom stereocenters. The van der Waals surface area contributed by atoms with Crippen LogP contribution in [0.15, 0.2) is 77.0 Å². The summed E-state index contributed by atoms with van der Waals surface area (Å²) in [5.74, 6) is 0.00906. The van der Waals surface area contributed by atoms with E-state index in [-0.39, 0.29) is 11.9 Å². The SMILES string of the molecule is CC(c1ccccc1)N(C)C(=O)/C=C/Sc1ccccc1. The molecular formula is C18H19NOS. The molecule has 2 nitrogen and oxygen atoms in total. The van der Waals surface area contributed by atoms with E-state index in [0.717, 1.165) is 10.5 Å². The van der Waals surface area contributed by atoms with E-state index in [4.69, 9.17) is 0 Å². The van der Waals surface area contributed by atoms with Gasteiger partial charge in [0, 0.05) is 18.0 Å². The first kappa shape index (κ1) is 15.4. The molecular weight excluding hydrogens is 278 g/mol. The van der Waals surface area contributed by atoms with Crippen LogP contribution in [-0.4, -0.2) is 17.9 Å². The second-order valence-electron chi connectivity index (χ2n) is 4.77. The molecule has 2 aromatic carbocycles. The number of hydrogen-bond acceptors (Lipinski definition) is 2. The van der Waals surface area contributed by atoms with Gasteiger partial charge in [-0.25, -0.2) is 0 Å². The summed E-state index contributed by atoms with van der Waals surface area (Å²) in [4.78, 5) is 15.0. The molecule has 1 atom stereocenters. The molecule has 3 heteroatoms. The summed E-state index contributed by atoms with van der Waals surface area (Å²) >= 11 is 1.55. The number of carbonyl (C=O) groups is 1. The van der Waals surface area contributed by atoms with Crippen LogP contribution in [0.1, 0.15) is 18.5 Å². The highest BCUT2D eigenvalue weighted by molar-refractivity contribution is 8.02. The molecule has 0 bridgehead atoms. The largest absolute Gasteiger partial charge is 0.335 e. The Kier molecular flexibility index (Phi) is 5.64. The second-order valence-corrected chi connectivity index (χ2v) is 5.75. The molecule has 0 N–H and O–H groups in total. The van der Waals surface area contributed by atoms with Crippen LogP contribution in [0.25, 0.3) is 0 Å². The zero-order chi connectivity index (χ0) is 15.1. The van der Waals surface area contributed by atoms with Gasteiger partial charge in [0.25, 0.3) is 0 Å². The van der Waals surface area contributed by atoms with Crippen molar-refractivity contribution in [3.63, 3.8) is 0 Å². The molecule has 0 saturated heterocycles. The average Bonchev–Trinajstić information content (AvgIpc) is 2.55. The minimum atomic E-state index is 0.00906. The minimum absolute atomic E-state index is 0.00906. The Morgan fingerprint density at radius 2 is 1.62 bits per heavy atom. The lowest BCUT2D eigenvalue weighted by Crippen LogP contribution is -2.27. The molecule has 0 fully saturated rings. The predicted octanol–water partition coefficient (Wildman–Crippen LogP) is 4.51. The molecule has 2 aromatic rings. The molecule has 0 aromatic heterocycles. The molecule has 0 saturated carbocycles. The maximum atomic E-state index is 12.2. The van der Waals surface area contributed by atoms with E-state index in [1.165, 1.54) is 0 Å². The van der Waals surface area contributed by atoms with Crippen molar-refractivity contribution in [1.82, 2.24) is 4.90 Å². The van der Waals surface area contributed by atoms with E-state index in [9.17, 15) is 4.79 Å². The first-order valence-electron chi connectivity index (χ1n) is 6.88. The van der Waals surface area contributed by atoms with Gasteiger partial charge in [-0.2, -0.15) is 0 Å². The van der Waals surface area contributed by atoms with Gasteiger partial charge in [0.1, 0.15) is 0 Å². The van der Waals surface area contributed by atoms with Crippen molar-refractivity contribution in [1.29, 1.82) is 0 Å². The maximum absolute atomic E-state index is 12.2. The Morgan fingerprint density at radius 3 is 2.24 bits per heavy atom. The van der Waals surface area contributed by atoms with Gasteiger partial charge in [-0.3, -0.25) is 4.79 Å². The highest BCUT2D eigenvalue weighted by Crippen LogP contribution is 2.20. The van der Waals surface area contributed by atoms with Crippen LogP contribution in [0, 0.1) is 0 Å². The van der Waals surface area contributed by atoms with Crippen LogP contribution < -0.4 is 0 Å². The van der Waals surface area contributed by atoms with Crippen molar-refractivity contribution in [3.05, 3.63) is 77.7 Å². The predicted molar refractivity (Wildman–Crippen MR) is 89.1 cm³/mol. The zero-order valence-corrected chi connectivity index (χ0v) is 13.1. The minimum Gasteiger partial charge on any atom is -0.335 e. The monoisotopic (exact) mass is 297 g/mol. The van der Waals surface area contributed by atoms with Crippen molar-refractivity contribution in [3.8, 4) is 0 Å². The lowest BCUT2D eigenvalue weighted by Gasteiger charge is -2.24. The average molecular weight is 297 g/mol. The van der Waals surface area contributed by atoms with Crippen LogP contribution in [0.4, 0.5) is 0 Å². The summed E-state index contributed by atoms with van der Waals surface area (Å²) < 4.78 is 0. The molecule has 1 amide bonds. The number of amides is 1. The van der Waals surface area contributed by atoms with Gasteiger partial charge in [0.15, 0.2) is 0 Å². The van der Waals surface area contributed by atoms with Crippen molar-refractivity contribution in [2.24, 2.45) is 0 Å². The van der Waals surface area contributed by atoms with Gasteiger partial charge in [0.2, 0.25) is 5.91 Å². The number of carbonyl (C=O) groups excluding carboxylic acids is 1. The first-order valence-corrected chi connectivity index (χ1v) is 7.76. The maximum Gasteiger partial charge on any atom is 0.247 e. The van der Waals surface area contributed by atoms with Gasteiger partial charge in [-0.05, 0) is 30.0 Å². The Morgan fingerprint density at radius 1 is 1.05 bits per heavy atom. The van der Waals surface area contributed by atoms with E-state index < -0.39 is 0 Å². The molecule has 0 heterocycles. The smallest absolute Gasteiger partial charge is 0.247 e. The van der Waals surface area contributed by atoms with Crippen molar-refractivity contribution in [2.75, 3.05) is 7.05 Å². The van der Waals surface area contributed by atoms with E-state index >= 15 is 0 Å².